The van der Waals surface area contributed by atoms with Crippen LogP contribution in [0.5, 0.6) is 0 Å². The first kappa shape index (κ1) is 22.5. The van der Waals surface area contributed by atoms with E-state index in [0.29, 0.717) is 34.7 Å². The van der Waals surface area contributed by atoms with Gasteiger partial charge in [0.1, 0.15) is 5.82 Å². The zero-order valence-electron chi connectivity index (χ0n) is 15.7. The molecule has 6 nitrogen and oxygen atoms in total. The van der Waals surface area contributed by atoms with Crippen molar-refractivity contribution in [1.82, 2.24) is 14.9 Å². The lowest BCUT2D eigenvalue weighted by Gasteiger charge is -2.32. The Hall–Kier alpha value is -0.780. The topological polar surface area (TPSA) is 78.5 Å². The van der Waals surface area contributed by atoms with E-state index in [0.717, 1.165) is 25.9 Å². The van der Waals surface area contributed by atoms with Crippen molar-refractivity contribution in [2.75, 3.05) is 32.7 Å². The molecule has 0 atom stereocenters. The predicted octanol–water partition coefficient (Wildman–Crippen LogP) is 2.20. The number of benzene rings is 1. The van der Waals surface area contributed by atoms with Crippen LogP contribution in [0.2, 0.25) is 0 Å². The molecule has 0 saturated carbocycles. The summed E-state index contributed by atoms with van der Waals surface area (Å²) in [4.78, 5) is 14.4. The SMILES string of the molecule is CC(C)S(=O)(=O)NCCN1CCC(CNC(=O)c2cc(F)cc(I)c2)CC1. The molecule has 0 spiro atoms. The van der Waals surface area contributed by atoms with Crippen molar-refractivity contribution in [1.29, 1.82) is 0 Å². The van der Waals surface area contributed by atoms with E-state index >= 15 is 0 Å². The molecular formula is C18H27FIN3O3S. The monoisotopic (exact) mass is 511 g/mol. The van der Waals surface area contributed by atoms with E-state index in [1.165, 1.54) is 12.1 Å². The van der Waals surface area contributed by atoms with Crippen LogP contribution in [0.15, 0.2) is 18.2 Å². The Kier molecular flexibility index (Phi) is 8.44. The van der Waals surface area contributed by atoms with Crippen LogP contribution in [0.3, 0.4) is 0 Å². The Balaban J connectivity index is 1.69. The largest absolute Gasteiger partial charge is 0.352 e. The Bertz CT molecular complexity index is 730. The highest BCUT2D eigenvalue weighted by Crippen LogP contribution is 2.17. The summed E-state index contributed by atoms with van der Waals surface area (Å²) >= 11 is 1.99. The van der Waals surface area contributed by atoms with Crippen molar-refractivity contribution in [3.05, 3.63) is 33.1 Å². The number of sulfonamides is 1. The second kappa shape index (κ2) is 10.1. The molecule has 1 aliphatic rings. The molecule has 1 aliphatic heterocycles. The number of carbonyl (C=O) groups excluding carboxylic acids is 1. The van der Waals surface area contributed by atoms with Crippen LogP contribution in [-0.4, -0.2) is 57.2 Å². The first-order valence-corrected chi connectivity index (χ1v) is 11.7. The van der Waals surface area contributed by atoms with Crippen LogP contribution in [0, 0.1) is 15.3 Å². The summed E-state index contributed by atoms with van der Waals surface area (Å²) in [6, 6.07) is 4.30. The number of rotatable bonds is 8. The van der Waals surface area contributed by atoms with Gasteiger partial charge in [-0.2, -0.15) is 0 Å². The minimum absolute atomic E-state index is 0.252. The summed E-state index contributed by atoms with van der Waals surface area (Å²) in [7, 11) is -3.21. The summed E-state index contributed by atoms with van der Waals surface area (Å²) in [5.41, 5.74) is 0.342. The lowest BCUT2D eigenvalue weighted by molar-refractivity contribution is 0.0936. The van der Waals surface area contributed by atoms with Gasteiger partial charge in [-0.05, 0) is 86.5 Å². The predicted molar refractivity (Wildman–Crippen MR) is 113 cm³/mol. The molecule has 0 aromatic heterocycles. The van der Waals surface area contributed by atoms with Gasteiger partial charge < -0.3 is 10.2 Å². The van der Waals surface area contributed by atoms with Crippen LogP contribution in [0.4, 0.5) is 4.39 Å². The average molecular weight is 511 g/mol. The fourth-order valence-electron chi connectivity index (χ4n) is 2.95. The Morgan fingerprint density at radius 1 is 1.30 bits per heavy atom. The standard InChI is InChI=1S/C18H27FIN3O3S/c1-13(2)27(25,26)22-5-8-23-6-3-14(4-7-23)12-21-18(24)15-9-16(19)11-17(20)10-15/h9-11,13-14,22H,3-8,12H2,1-2H3,(H,21,24). The van der Waals surface area contributed by atoms with E-state index in [1.807, 2.05) is 22.6 Å². The van der Waals surface area contributed by atoms with Crippen LogP contribution >= 0.6 is 22.6 Å². The number of hydrogen-bond acceptors (Lipinski definition) is 4. The van der Waals surface area contributed by atoms with E-state index in [1.54, 1.807) is 19.9 Å². The van der Waals surface area contributed by atoms with Gasteiger partial charge in [-0.25, -0.2) is 17.5 Å². The molecular weight excluding hydrogens is 484 g/mol. The molecule has 1 saturated heterocycles. The highest BCUT2D eigenvalue weighted by Gasteiger charge is 2.21. The Labute approximate surface area is 174 Å². The third-order valence-corrected chi connectivity index (χ3v) is 7.21. The molecule has 0 bridgehead atoms. The molecule has 0 aliphatic carbocycles. The van der Waals surface area contributed by atoms with Crippen molar-refractivity contribution in [3.8, 4) is 0 Å². The van der Waals surface area contributed by atoms with Crippen LogP contribution in [0.1, 0.15) is 37.0 Å². The molecule has 9 heteroatoms. The zero-order chi connectivity index (χ0) is 20.0. The molecule has 0 radical (unpaired) electrons. The quantitative estimate of drug-likeness (QED) is 0.525. The molecule has 1 aromatic rings. The van der Waals surface area contributed by atoms with Gasteiger partial charge in [0.2, 0.25) is 10.0 Å². The van der Waals surface area contributed by atoms with Crippen molar-refractivity contribution in [2.24, 2.45) is 5.92 Å². The maximum Gasteiger partial charge on any atom is 0.251 e. The summed E-state index contributed by atoms with van der Waals surface area (Å²) in [5, 5.41) is 2.47. The molecule has 0 unspecified atom stereocenters. The van der Waals surface area contributed by atoms with Gasteiger partial charge >= 0.3 is 0 Å². The molecule has 27 heavy (non-hydrogen) atoms. The highest BCUT2D eigenvalue weighted by atomic mass is 127. The number of carbonyl (C=O) groups is 1. The number of hydrogen-bond donors (Lipinski definition) is 2. The van der Waals surface area contributed by atoms with E-state index in [9.17, 15) is 17.6 Å². The third-order valence-electron chi connectivity index (χ3n) is 4.74. The van der Waals surface area contributed by atoms with Crippen LogP contribution < -0.4 is 10.0 Å². The van der Waals surface area contributed by atoms with Crippen LogP contribution in [0.25, 0.3) is 0 Å². The maximum atomic E-state index is 13.4. The third kappa shape index (κ3) is 7.28. The van der Waals surface area contributed by atoms with Gasteiger partial charge in [0, 0.05) is 28.8 Å². The van der Waals surface area contributed by atoms with Gasteiger partial charge in [0.25, 0.3) is 5.91 Å². The molecule has 1 fully saturated rings. The summed E-state index contributed by atoms with van der Waals surface area (Å²) < 4.78 is 40.2. The van der Waals surface area contributed by atoms with Crippen molar-refractivity contribution in [2.45, 2.75) is 31.9 Å². The fourth-order valence-corrected chi connectivity index (χ4v) is 4.29. The zero-order valence-corrected chi connectivity index (χ0v) is 18.6. The number of likely N-dealkylation sites (tertiary alicyclic amines) is 1. The van der Waals surface area contributed by atoms with Crippen molar-refractivity contribution < 1.29 is 17.6 Å². The van der Waals surface area contributed by atoms with Gasteiger partial charge in [-0.15, -0.1) is 0 Å². The number of piperidine rings is 1. The van der Waals surface area contributed by atoms with Crippen LogP contribution in [-0.2, 0) is 10.0 Å². The molecule has 1 aromatic carbocycles. The lowest BCUT2D eigenvalue weighted by Crippen LogP contribution is -2.42. The van der Waals surface area contributed by atoms with E-state index in [2.05, 4.69) is 14.9 Å². The first-order valence-electron chi connectivity index (χ1n) is 9.12. The fraction of sp³-hybridized carbons (Fsp3) is 0.611. The van der Waals surface area contributed by atoms with Crippen molar-refractivity contribution >= 4 is 38.5 Å². The highest BCUT2D eigenvalue weighted by molar-refractivity contribution is 14.1. The van der Waals surface area contributed by atoms with Gasteiger partial charge in [-0.1, -0.05) is 0 Å². The second-order valence-electron chi connectivity index (χ2n) is 7.14. The second-order valence-corrected chi connectivity index (χ2v) is 10.7. The minimum atomic E-state index is -3.21. The van der Waals surface area contributed by atoms with Gasteiger partial charge in [0.05, 0.1) is 5.25 Å². The molecule has 1 heterocycles. The van der Waals surface area contributed by atoms with Gasteiger partial charge in [0.15, 0.2) is 0 Å². The molecule has 1 amide bonds. The maximum absolute atomic E-state index is 13.4. The number of amides is 1. The lowest BCUT2D eigenvalue weighted by atomic mass is 9.96. The molecule has 2 rings (SSSR count). The van der Waals surface area contributed by atoms with Gasteiger partial charge in [-0.3, -0.25) is 4.79 Å². The summed E-state index contributed by atoms with van der Waals surface area (Å²) in [6.07, 6.45) is 1.88. The first-order chi connectivity index (χ1) is 12.7. The average Bonchev–Trinajstić information content (AvgIpc) is 2.59. The minimum Gasteiger partial charge on any atom is -0.352 e. The molecule has 152 valence electrons. The van der Waals surface area contributed by atoms with E-state index in [4.69, 9.17) is 0 Å². The number of nitrogens with one attached hydrogen (secondary N) is 2. The van der Waals surface area contributed by atoms with Crippen molar-refractivity contribution in [3.63, 3.8) is 0 Å². The van der Waals surface area contributed by atoms with E-state index < -0.39 is 21.1 Å². The normalized spacial score (nSPS) is 16.6. The number of nitrogens with zero attached hydrogens (tertiary/aromatic N) is 1. The number of halogens is 2. The Morgan fingerprint density at radius 2 is 1.96 bits per heavy atom. The molecule has 2 N–H and O–H groups in total. The Morgan fingerprint density at radius 3 is 2.56 bits per heavy atom. The summed E-state index contributed by atoms with van der Waals surface area (Å²) in [6.45, 7) is 6.75. The smallest absolute Gasteiger partial charge is 0.251 e. The van der Waals surface area contributed by atoms with E-state index in [-0.39, 0.29) is 5.91 Å². The summed E-state index contributed by atoms with van der Waals surface area (Å²) in [5.74, 6) is -0.281.